The number of aromatic nitrogens is 1. The second kappa shape index (κ2) is 4.03. The topological polar surface area (TPSA) is 36.0 Å². The first-order valence-corrected chi connectivity index (χ1v) is 4.91. The van der Waals surface area contributed by atoms with Crippen LogP contribution in [0.4, 0.5) is 17.6 Å². The molecule has 0 amide bonds. The van der Waals surface area contributed by atoms with Gasteiger partial charge >= 0.3 is 6.18 Å². The van der Waals surface area contributed by atoms with Crippen LogP contribution >= 0.6 is 0 Å². The SMILES string of the molecule is OCCc1c(C(F)(F)F)[nH]c2ccc(F)cc12. The van der Waals surface area contributed by atoms with Gasteiger partial charge < -0.3 is 10.1 Å². The van der Waals surface area contributed by atoms with Gasteiger partial charge in [0, 0.05) is 17.5 Å². The van der Waals surface area contributed by atoms with E-state index in [-0.39, 0.29) is 22.9 Å². The number of alkyl halides is 3. The minimum Gasteiger partial charge on any atom is -0.396 e. The van der Waals surface area contributed by atoms with Crippen LogP contribution in [0.2, 0.25) is 0 Å². The largest absolute Gasteiger partial charge is 0.431 e. The molecule has 1 heterocycles. The summed E-state index contributed by atoms with van der Waals surface area (Å²) in [7, 11) is 0. The maximum Gasteiger partial charge on any atom is 0.431 e. The lowest BCUT2D eigenvalue weighted by molar-refractivity contribution is -0.141. The quantitative estimate of drug-likeness (QED) is 0.786. The second-order valence-corrected chi connectivity index (χ2v) is 3.64. The van der Waals surface area contributed by atoms with Gasteiger partial charge in [0.25, 0.3) is 0 Å². The van der Waals surface area contributed by atoms with Crippen molar-refractivity contribution in [3.8, 4) is 0 Å². The van der Waals surface area contributed by atoms with Gasteiger partial charge in [0.2, 0.25) is 0 Å². The number of aliphatic hydroxyl groups is 1. The molecule has 1 aromatic heterocycles. The molecule has 0 unspecified atom stereocenters. The molecular weight excluding hydrogens is 238 g/mol. The van der Waals surface area contributed by atoms with Crippen LogP contribution in [-0.4, -0.2) is 16.7 Å². The summed E-state index contributed by atoms with van der Waals surface area (Å²) in [5.41, 5.74) is -0.816. The van der Waals surface area contributed by atoms with Gasteiger partial charge in [-0.3, -0.25) is 0 Å². The first-order valence-electron chi connectivity index (χ1n) is 4.91. The van der Waals surface area contributed by atoms with Gasteiger partial charge in [-0.05, 0) is 30.2 Å². The van der Waals surface area contributed by atoms with Gasteiger partial charge in [0.05, 0.1) is 0 Å². The average Bonchev–Trinajstić information content (AvgIpc) is 2.57. The minimum absolute atomic E-state index is 0.102. The van der Waals surface area contributed by atoms with Crippen LogP contribution in [0.1, 0.15) is 11.3 Å². The fourth-order valence-corrected chi connectivity index (χ4v) is 1.83. The summed E-state index contributed by atoms with van der Waals surface area (Å²) >= 11 is 0. The zero-order valence-corrected chi connectivity index (χ0v) is 8.61. The van der Waals surface area contributed by atoms with Crippen molar-refractivity contribution in [3.05, 3.63) is 35.3 Å². The van der Waals surface area contributed by atoms with Gasteiger partial charge in [0.1, 0.15) is 11.5 Å². The molecule has 0 radical (unpaired) electrons. The maximum absolute atomic E-state index is 13.0. The molecule has 6 heteroatoms. The van der Waals surface area contributed by atoms with Gasteiger partial charge in [-0.25, -0.2) is 4.39 Å². The predicted molar refractivity (Wildman–Crippen MR) is 54.0 cm³/mol. The Labute approximate surface area is 93.9 Å². The highest BCUT2D eigenvalue weighted by Crippen LogP contribution is 2.35. The van der Waals surface area contributed by atoms with Crippen LogP contribution in [0.15, 0.2) is 18.2 Å². The van der Waals surface area contributed by atoms with Crippen LogP contribution < -0.4 is 0 Å². The molecular formula is C11H9F4NO. The normalized spacial score (nSPS) is 12.3. The van der Waals surface area contributed by atoms with Gasteiger partial charge in [0.15, 0.2) is 0 Å². The smallest absolute Gasteiger partial charge is 0.396 e. The molecule has 0 spiro atoms. The van der Waals surface area contributed by atoms with E-state index in [9.17, 15) is 17.6 Å². The molecule has 0 bridgehead atoms. The minimum atomic E-state index is -4.54. The van der Waals surface area contributed by atoms with E-state index in [4.69, 9.17) is 5.11 Å². The van der Waals surface area contributed by atoms with Crippen molar-refractivity contribution in [3.63, 3.8) is 0 Å². The molecule has 0 aliphatic rings. The van der Waals surface area contributed by atoms with E-state index >= 15 is 0 Å². The molecule has 2 nitrogen and oxygen atoms in total. The summed E-state index contributed by atoms with van der Waals surface area (Å²) in [5.74, 6) is -0.607. The van der Waals surface area contributed by atoms with E-state index in [1.165, 1.54) is 6.07 Å². The summed E-state index contributed by atoms with van der Waals surface area (Å²) in [6, 6.07) is 3.37. The van der Waals surface area contributed by atoms with Crippen LogP contribution in [0.25, 0.3) is 10.9 Å². The van der Waals surface area contributed by atoms with Crippen LogP contribution in [-0.2, 0) is 12.6 Å². The number of H-pyrrole nitrogens is 1. The third-order valence-corrected chi connectivity index (χ3v) is 2.51. The molecule has 0 saturated carbocycles. The van der Waals surface area contributed by atoms with Crippen LogP contribution in [0, 0.1) is 5.82 Å². The van der Waals surface area contributed by atoms with E-state index in [2.05, 4.69) is 4.98 Å². The lowest BCUT2D eigenvalue weighted by Crippen LogP contribution is -2.09. The predicted octanol–water partition coefficient (Wildman–Crippen LogP) is 2.86. The standard InChI is InChI=1S/C11H9F4NO/c12-6-1-2-9-8(5-6)7(3-4-17)10(16-9)11(13,14)15/h1-2,5,16-17H,3-4H2. The molecule has 0 aliphatic heterocycles. The number of fused-ring (bicyclic) bond motifs is 1. The molecule has 0 atom stereocenters. The first kappa shape index (κ1) is 11.9. The average molecular weight is 247 g/mol. The highest BCUT2D eigenvalue weighted by atomic mass is 19.4. The third-order valence-electron chi connectivity index (χ3n) is 2.51. The summed E-state index contributed by atoms with van der Waals surface area (Å²) < 4.78 is 51.1. The molecule has 2 aromatic rings. The van der Waals surface area contributed by atoms with E-state index in [1.807, 2.05) is 0 Å². The third kappa shape index (κ3) is 2.12. The lowest BCUT2D eigenvalue weighted by Gasteiger charge is -2.06. The summed E-state index contributed by atoms with van der Waals surface area (Å²) in [6.45, 7) is -0.424. The van der Waals surface area contributed by atoms with Gasteiger partial charge in [-0.15, -0.1) is 0 Å². The number of rotatable bonds is 2. The molecule has 1 aromatic carbocycles. The first-order chi connectivity index (χ1) is 7.93. The van der Waals surface area contributed by atoms with E-state index < -0.39 is 24.3 Å². The number of halogens is 4. The van der Waals surface area contributed by atoms with Crippen molar-refractivity contribution in [2.75, 3.05) is 6.61 Å². The Morgan fingerprint density at radius 3 is 2.53 bits per heavy atom. The zero-order valence-electron chi connectivity index (χ0n) is 8.61. The zero-order chi connectivity index (χ0) is 12.6. The van der Waals surface area contributed by atoms with Crippen molar-refractivity contribution in [2.45, 2.75) is 12.6 Å². The Morgan fingerprint density at radius 2 is 1.94 bits per heavy atom. The monoisotopic (exact) mass is 247 g/mol. The van der Waals surface area contributed by atoms with E-state index in [1.54, 1.807) is 0 Å². The molecule has 2 N–H and O–H groups in total. The number of aliphatic hydroxyl groups excluding tert-OH is 1. The van der Waals surface area contributed by atoms with Gasteiger partial charge in [-0.1, -0.05) is 0 Å². The van der Waals surface area contributed by atoms with Crippen molar-refractivity contribution in [1.29, 1.82) is 0 Å². The summed E-state index contributed by atoms with van der Waals surface area (Å²) in [5, 5.41) is 8.94. The van der Waals surface area contributed by atoms with Crippen molar-refractivity contribution in [2.24, 2.45) is 0 Å². The molecule has 2 rings (SSSR count). The molecule has 0 aliphatic carbocycles. The Hall–Kier alpha value is -1.56. The second-order valence-electron chi connectivity index (χ2n) is 3.64. The number of nitrogens with one attached hydrogen (secondary N) is 1. The molecule has 92 valence electrons. The van der Waals surface area contributed by atoms with Crippen LogP contribution in [0.3, 0.4) is 0 Å². The Kier molecular flexibility index (Phi) is 2.82. The van der Waals surface area contributed by atoms with Crippen molar-refractivity contribution < 1.29 is 22.7 Å². The number of benzene rings is 1. The van der Waals surface area contributed by atoms with Gasteiger partial charge in [-0.2, -0.15) is 13.2 Å². The lowest BCUT2D eigenvalue weighted by atomic mass is 10.1. The number of hydrogen-bond donors (Lipinski definition) is 2. The summed E-state index contributed by atoms with van der Waals surface area (Å²) in [4.78, 5) is 2.21. The molecule has 0 fully saturated rings. The number of hydrogen-bond acceptors (Lipinski definition) is 1. The molecule has 0 saturated heterocycles. The Balaban J connectivity index is 2.71. The van der Waals surface area contributed by atoms with Crippen LogP contribution in [0.5, 0.6) is 0 Å². The van der Waals surface area contributed by atoms with Crippen molar-refractivity contribution >= 4 is 10.9 Å². The molecule has 17 heavy (non-hydrogen) atoms. The highest BCUT2D eigenvalue weighted by Gasteiger charge is 2.36. The fourth-order valence-electron chi connectivity index (χ4n) is 1.83. The number of aromatic amines is 1. The van der Waals surface area contributed by atoms with E-state index in [0.29, 0.717) is 0 Å². The Morgan fingerprint density at radius 1 is 1.24 bits per heavy atom. The summed E-state index contributed by atoms with van der Waals surface area (Å²) in [6.07, 6.45) is -4.71. The highest BCUT2D eigenvalue weighted by molar-refractivity contribution is 5.85. The Bertz CT molecular complexity index is 544. The fraction of sp³-hybridized carbons (Fsp3) is 0.273. The van der Waals surface area contributed by atoms with Crippen molar-refractivity contribution in [1.82, 2.24) is 4.98 Å². The maximum atomic E-state index is 13.0. The van der Waals surface area contributed by atoms with E-state index in [0.717, 1.165) is 12.1 Å².